The molecule has 4 rings (SSSR count). The number of pyridine rings is 1. The van der Waals surface area contributed by atoms with Gasteiger partial charge in [0.05, 0.1) is 11.4 Å². The fraction of sp³-hybridized carbons (Fsp3) is 0.211. The van der Waals surface area contributed by atoms with E-state index < -0.39 is 10.0 Å². The molecule has 0 amide bonds. The summed E-state index contributed by atoms with van der Waals surface area (Å²) >= 11 is 3.33. The number of halogens is 1. The number of fused-ring (bicyclic) bond motifs is 1. The van der Waals surface area contributed by atoms with Crippen molar-refractivity contribution in [1.82, 2.24) is 9.29 Å². The molecule has 7 heteroatoms. The molecular weight excluding hydrogens is 416 g/mol. The van der Waals surface area contributed by atoms with Crippen molar-refractivity contribution < 1.29 is 13.2 Å². The molecule has 0 spiro atoms. The van der Waals surface area contributed by atoms with Gasteiger partial charge >= 0.3 is 0 Å². The summed E-state index contributed by atoms with van der Waals surface area (Å²) in [5.41, 5.74) is 0.796. The fourth-order valence-electron chi connectivity index (χ4n) is 3.12. The van der Waals surface area contributed by atoms with E-state index in [1.54, 1.807) is 30.5 Å². The molecule has 5 nitrogen and oxygen atoms in total. The Morgan fingerprint density at radius 2 is 1.85 bits per heavy atom. The van der Waals surface area contributed by atoms with Crippen LogP contribution in [0, 0.1) is 0 Å². The summed E-state index contributed by atoms with van der Waals surface area (Å²) in [7, 11) is -3.51. The Balaban J connectivity index is 1.52. The average molecular weight is 433 g/mol. The van der Waals surface area contributed by atoms with Gasteiger partial charge in [0.1, 0.15) is 17.4 Å². The maximum Gasteiger partial charge on any atom is 0.243 e. The lowest BCUT2D eigenvalue weighted by Crippen LogP contribution is -2.31. The lowest BCUT2D eigenvalue weighted by molar-refractivity contribution is 0.218. The summed E-state index contributed by atoms with van der Waals surface area (Å²) < 4.78 is 34.0. The van der Waals surface area contributed by atoms with Gasteiger partial charge in [-0.3, -0.25) is 4.98 Å². The van der Waals surface area contributed by atoms with Crippen molar-refractivity contribution in [1.29, 1.82) is 0 Å². The first kappa shape index (κ1) is 17.5. The van der Waals surface area contributed by atoms with E-state index >= 15 is 0 Å². The van der Waals surface area contributed by atoms with Crippen LogP contribution in [-0.4, -0.2) is 36.9 Å². The van der Waals surface area contributed by atoms with Crippen molar-refractivity contribution in [3.8, 4) is 5.75 Å². The Hall–Kier alpha value is -1.96. The van der Waals surface area contributed by atoms with Crippen LogP contribution in [0.3, 0.4) is 0 Å². The summed E-state index contributed by atoms with van der Waals surface area (Å²) in [5, 5.41) is 1.00. The molecule has 2 heterocycles. The van der Waals surface area contributed by atoms with Crippen molar-refractivity contribution in [2.45, 2.75) is 17.4 Å². The number of aromatic nitrogens is 1. The lowest BCUT2D eigenvalue weighted by atomic mass is 10.2. The summed E-state index contributed by atoms with van der Waals surface area (Å²) in [6, 6.07) is 16.3. The van der Waals surface area contributed by atoms with Crippen molar-refractivity contribution in [2.75, 3.05) is 13.1 Å². The Labute approximate surface area is 160 Å². The Kier molecular flexibility index (Phi) is 4.69. The monoisotopic (exact) mass is 432 g/mol. The second kappa shape index (κ2) is 6.98. The number of sulfonamides is 1. The van der Waals surface area contributed by atoms with E-state index in [1.807, 2.05) is 30.3 Å². The van der Waals surface area contributed by atoms with Crippen molar-refractivity contribution in [3.05, 3.63) is 65.3 Å². The first-order valence-corrected chi connectivity index (χ1v) is 10.5. The van der Waals surface area contributed by atoms with Crippen LogP contribution in [-0.2, 0) is 10.0 Å². The Bertz CT molecular complexity index is 1030. The third-order valence-corrected chi connectivity index (χ3v) is 6.86. The molecule has 0 N–H and O–H groups in total. The van der Waals surface area contributed by atoms with Gasteiger partial charge in [0.15, 0.2) is 0 Å². The second-order valence-electron chi connectivity index (χ2n) is 6.18. The third-order valence-electron chi connectivity index (χ3n) is 4.45. The van der Waals surface area contributed by atoms with Gasteiger partial charge in [0.25, 0.3) is 0 Å². The van der Waals surface area contributed by atoms with Crippen LogP contribution in [0.2, 0.25) is 0 Å². The molecule has 0 bridgehead atoms. The number of ether oxygens (including phenoxy) is 1. The van der Waals surface area contributed by atoms with Crippen LogP contribution in [0.15, 0.2) is 70.2 Å². The summed E-state index contributed by atoms with van der Waals surface area (Å²) in [6.45, 7) is 0.781. The first-order valence-electron chi connectivity index (χ1n) is 8.30. The smallest absolute Gasteiger partial charge is 0.243 e. The zero-order valence-electron chi connectivity index (χ0n) is 13.9. The molecule has 1 aromatic heterocycles. The van der Waals surface area contributed by atoms with Crippen LogP contribution in [0.1, 0.15) is 6.42 Å². The molecule has 1 saturated heterocycles. The van der Waals surface area contributed by atoms with Crippen molar-refractivity contribution in [3.63, 3.8) is 0 Å². The van der Waals surface area contributed by atoms with E-state index in [4.69, 9.17) is 4.74 Å². The van der Waals surface area contributed by atoms with Gasteiger partial charge in [0, 0.05) is 22.6 Å². The van der Waals surface area contributed by atoms with Gasteiger partial charge < -0.3 is 4.74 Å². The fourth-order valence-corrected chi connectivity index (χ4v) is 4.87. The quantitative estimate of drug-likeness (QED) is 0.628. The van der Waals surface area contributed by atoms with Crippen LogP contribution in [0.25, 0.3) is 10.9 Å². The van der Waals surface area contributed by atoms with E-state index in [1.165, 1.54) is 4.31 Å². The standard InChI is InChI=1S/C19H17BrN2O3S/c20-15-6-8-17(9-7-15)26(23,24)22-12-10-16(13-22)25-18-5-1-3-14-4-2-11-21-19(14)18/h1-9,11,16H,10,12-13H2. The molecule has 134 valence electrons. The molecule has 1 atom stereocenters. The van der Waals surface area contributed by atoms with E-state index in [-0.39, 0.29) is 6.10 Å². The van der Waals surface area contributed by atoms with Gasteiger partial charge in [0.2, 0.25) is 10.0 Å². The van der Waals surface area contributed by atoms with Gasteiger partial charge in [-0.25, -0.2) is 8.42 Å². The van der Waals surface area contributed by atoms with Crippen LogP contribution in [0.5, 0.6) is 5.75 Å². The highest BCUT2D eigenvalue weighted by atomic mass is 79.9. The first-order chi connectivity index (χ1) is 12.5. The SMILES string of the molecule is O=S(=O)(c1ccc(Br)cc1)N1CCC(Oc2cccc3cccnc23)C1. The normalized spacial score (nSPS) is 18.3. The zero-order chi connectivity index (χ0) is 18.1. The highest BCUT2D eigenvalue weighted by Crippen LogP contribution is 2.28. The van der Waals surface area contributed by atoms with Gasteiger partial charge in [-0.1, -0.05) is 34.1 Å². The molecule has 1 unspecified atom stereocenters. The second-order valence-corrected chi connectivity index (χ2v) is 9.03. The molecule has 0 saturated carbocycles. The average Bonchev–Trinajstić information content (AvgIpc) is 3.12. The van der Waals surface area contributed by atoms with Crippen molar-refractivity contribution in [2.24, 2.45) is 0 Å². The third kappa shape index (κ3) is 3.34. The summed E-state index contributed by atoms with van der Waals surface area (Å²) in [5.74, 6) is 0.691. The van der Waals surface area contributed by atoms with E-state index in [0.29, 0.717) is 30.2 Å². The number of para-hydroxylation sites is 1. The number of rotatable bonds is 4. The van der Waals surface area contributed by atoms with Gasteiger partial charge in [-0.05, 0) is 42.8 Å². The molecule has 0 aliphatic carbocycles. The van der Waals surface area contributed by atoms with Crippen LogP contribution >= 0.6 is 15.9 Å². The molecule has 2 aromatic carbocycles. The highest BCUT2D eigenvalue weighted by Gasteiger charge is 2.33. The Morgan fingerprint density at radius 1 is 1.08 bits per heavy atom. The highest BCUT2D eigenvalue weighted by molar-refractivity contribution is 9.10. The summed E-state index contributed by atoms with van der Waals surface area (Å²) in [6.07, 6.45) is 2.19. The van der Waals surface area contributed by atoms with E-state index in [0.717, 1.165) is 15.4 Å². The molecule has 1 fully saturated rings. The number of hydrogen-bond acceptors (Lipinski definition) is 4. The Morgan fingerprint density at radius 3 is 2.65 bits per heavy atom. The van der Waals surface area contributed by atoms with E-state index in [2.05, 4.69) is 20.9 Å². The number of nitrogens with zero attached hydrogens (tertiary/aromatic N) is 2. The predicted molar refractivity (Wildman–Crippen MR) is 104 cm³/mol. The van der Waals surface area contributed by atoms with Gasteiger partial charge in [-0.2, -0.15) is 4.31 Å². The maximum atomic E-state index is 12.8. The minimum absolute atomic E-state index is 0.187. The minimum Gasteiger partial charge on any atom is -0.487 e. The molecule has 1 aliphatic heterocycles. The zero-order valence-corrected chi connectivity index (χ0v) is 16.3. The van der Waals surface area contributed by atoms with Crippen LogP contribution in [0.4, 0.5) is 0 Å². The number of benzene rings is 2. The molecule has 26 heavy (non-hydrogen) atoms. The topological polar surface area (TPSA) is 59.5 Å². The predicted octanol–water partition coefficient (Wildman–Crippen LogP) is 3.84. The minimum atomic E-state index is -3.51. The van der Waals surface area contributed by atoms with Crippen molar-refractivity contribution >= 4 is 36.9 Å². The van der Waals surface area contributed by atoms with E-state index in [9.17, 15) is 8.42 Å². The van der Waals surface area contributed by atoms with Gasteiger partial charge in [-0.15, -0.1) is 0 Å². The molecule has 3 aromatic rings. The lowest BCUT2D eigenvalue weighted by Gasteiger charge is -2.18. The number of hydrogen-bond donors (Lipinski definition) is 0. The van der Waals surface area contributed by atoms with Crippen LogP contribution < -0.4 is 4.74 Å². The molecular formula is C19H17BrN2O3S. The maximum absolute atomic E-state index is 12.8. The summed E-state index contributed by atoms with van der Waals surface area (Å²) in [4.78, 5) is 4.68. The molecule has 0 radical (unpaired) electrons. The largest absolute Gasteiger partial charge is 0.487 e. The molecule has 1 aliphatic rings.